The molecule has 0 amide bonds. The summed E-state index contributed by atoms with van der Waals surface area (Å²) in [7, 11) is 1.67. The molecule has 0 unspecified atom stereocenters. The molecule has 2 heterocycles. The zero-order chi connectivity index (χ0) is 13.1. The van der Waals surface area contributed by atoms with Crippen LogP contribution in [0.4, 0.5) is 5.82 Å². The largest absolute Gasteiger partial charge is 0.497 e. The Kier molecular flexibility index (Phi) is 3.29. The second kappa shape index (κ2) is 5.24. The van der Waals surface area contributed by atoms with E-state index in [1.54, 1.807) is 24.6 Å². The number of hydrogen-bond acceptors (Lipinski definition) is 5. The summed E-state index contributed by atoms with van der Waals surface area (Å²) in [4.78, 5) is 9.64. The molecular formula is C14H13N3OS. The van der Waals surface area contributed by atoms with Crippen molar-refractivity contribution in [2.45, 2.75) is 6.54 Å². The van der Waals surface area contributed by atoms with Crippen molar-refractivity contribution in [2.24, 2.45) is 0 Å². The molecule has 1 N–H and O–H groups in total. The van der Waals surface area contributed by atoms with Crippen molar-refractivity contribution in [3.8, 4) is 5.75 Å². The summed E-state index contributed by atoms with van der Waals surface area (Å²) in [6.07, 6.45) is 3.67. The lowest BCUT2D eigenvalue weighted by Gasteiger charge is -2.08. The molecule has 0 aliphatic heterocycles. The minimum atomic E-state index is 0.739. The fourth-order valence-corrected chi connectivity index (χ4v) is 2.46. The van der Waals surface area contributed by atoms with Crippen LogP contribution in [-0.4, -0.2) is 17.1 Å². The van der Waals surface area contributed by atoms with Crippen LogP contribution in [0.15, 0.2) is 42.2 Å². The molecule has 0 bridgehead atoms. The molecule has 5 heteroatoms. The highest BCUT2D eigenvalue weighted by Crippen LogP contribution is 2.25. The van der Waals surface area contributed by atoms with Crippen molar-refractivity contribution in [1.82, 2.24) is 9.97 Å². The number of methoxy groups -OCH3 is 1. The van der Waals surface area contributed by atoms with Gasteiger partial charge in [0.15, 0.2) is 0 Å². The average molecular weight is 271 g/mol. The number of benzene rings is 1. The lowest BCUT2D eigenvalue weighted by Crippen LogP contribution is -2.00. The van der Waals surface area contributed by atoms with Crippen LogP contribution in [0.1, 0.15) is 4.88 Å². The van der Waals surface area contributed by atoms with Gasteiger partial charge in [0.2, 0.25) is 0 Å². The van der Waals surface area contributed by atoms with Gasteiger partial charge >= 0.3 is 0 Å². The maximum Gasteiger partial charge on any atom is 0.134 e. The van der Waals surface area contributed by atoms with Gasteiger partial charge in [-0.15, -0.1) is 11.3 Å². The van der Waals surface area contributed by atoms with Gasteiger partial charge in [0.25, 0.3) is 0 Å². The molecule has 1 aromatic carbocycles. The number of nitrogens with zero attached hydrogens (tertiary/aromatic N) is 2. The van der Waals surface area contributed by atoms with Crippen molar-refractivity contribution in [1.29, 1.82) is 0 Å². The maximum absolute atomic E-state index is 5.23. The summed E-state index contributed by atoms with van der Waals surface area (Å²) in [5.74, 6) is 1.74. The zero-order valence-electron chi connectivity index (χ0n) is 10.5. The lowest BCUT2D eigenvalue weighted by molar-refractivity contribution is 0.415. The Morgan fingerprint density at radius 1 is 1.32 bits per heavy atom. The molecule has 4 nitrogen and oxygen atoms in total. The zero-order valence-corrected chi connectivity index (χ0v) is 11.3. The van der Waals surface area contributed by atoms with Crippen molar-refractivity contribution in [3.63, 3.8) is 0 Å². The van der Waals surface area contributed by atoms with Crippen molar-refractivity contribution in [2.75, 3.05) is 12.4 Å². The predicted octanol–water partition coefficient (Wildman–Crippen LogP) is 3.31. The summed E-state index contributed by atoms with van der Waals surface area (Å²) in [5.41, 5.74) is 1.83. The average Bonchev–Trinajstić information content (AvgIpc) is 2.97. The van der Waals surface area contributed by atoms with E-state index in [4.69, 9.17) is 4.74 Å². The number of rotatable bonds is 4. The SMILES string of the molecule is COc1ccc2c(NCc3cncs3)nccc2c1. The van der Waals surface area contributed by atoms with Gasteiger partial charge in [-0.1, -0.05) is 0 Å². The molecule has 0 aliphatic carbocycles. The third-order valence-electron chi connectivity index (χ3n) is 2.89. The van der Waals surface area contributed by atoms with Crippen LogP contribution < -0.4 is 10.1 Å². The molecule has 0 saturated carbocycles. The van der Waals surface area contributed by atoms with Gasteiger partial charge < -0.3 is 10.1 Å². The first kappa shape index (κ1) is 11.9. The molecule has 3 rings (SSSR count). The van der Waals surface area contributed by atoms with E-state index in [9.17, 15) is 0 Å². The van der Waals surface area contributed by atoms with Gasteiger partial charge in [0.05, 0.1) is 19.2 Å². The smallest absolute Gasteiger partial charge is 0.134 e. The topological polar surface area (TPSA) is 47.0 Å². The minimum absolute atomic E-state index is 0.739. The first-order valence-electron chi connectivity index (χ1n) is 5.91. The second-order valence-corrected chi connectivity index (χ2v) is 5.04. The third-order valence-corrected chi connectivity index (χ3v) is 3.66. The van der Waals surface area contributed by atoms with Crippen LogP contribution in [0.25, 0.3) is 10.8 Å². The highest BCUT2D eigenvalue weighted by atomic mass is 32.1. The van der Waals surface area contributed by atoms with E-state index < -0.39 is 0 Å². The number of thiazole rings is 1. The number of anilines is 1. The van der Waals surface area contributed by atoms with Crippen molar-refractivity contribution < 1.29 is 4.74 Å². The fraction of sp³-hybridized carbons (Fsp3) is 0.143. The van der Waals surface area contributed by atoms with Gasteiger partial charge in [-0.3, -0.25) is 4.98 Å². The number of pyridine rings is 1. The standard InChI is InChI=1S/C14H13N3OS/c1-18-11-2-3-13-10(6-11)4-5-16-14(13)17-8-12-7-15-9-19-12/h2-7,9H,8H2,1H3,(H,16,17). The number of nitrogens with one attached hydrogen (secondary N) is 1. The molecule has 0 atom stereocenters. The predicted molar refractivity (Wildman–Crippen MR) is 77.7 cm³/mol. The van der Waals surface area contributed by atoms with Crippen LogP contribution in [0.3, 0.4) is 0 Å². The molecule has 0 radical (unpaired) electrons. The lowest BCUT2D eigenvalue weighted by atomic mass is 10.1. The number of aromatic nitrogens is 2. The summed E-state index contributed by atoms with van der Waals surface area (Å²) in [5, 5.41) is 5.55. The Hall–Kier alpha value is -2.14. The highest BCUT2D eigenvalue weighted by Gasteiger charge is 2.04. The quantitative estimate of drug-likeness (QED) is 0.790. The molecule has 0 fully saturated rings. The van der Waals surface area contributed by atoms with Crippen molar-refractivity contribution >= 4 is 27.9 Å². The van der Waals surface area contributed by atoms with Crippen LogP contribution >= 0.6 is 11.3 Å². The summed E-state index contributed by atoms with van der Waals surface area (Å²) in [6.45, 7) is 0.739. The fourth-order valence-electron chi connectivity index (χ4n) is 1.92. The van der Waals surface area contributed by atoms with Crippen LogP contribution in [-0.2, 0) is 6.54 Å². The highest BCUT2D eigenvalue weighted by molar-refractivity contribution is 7.09. The molecule has 0 aliphatic rings. The third kappa shape index (κ3) is 2.51. The van der Waals surface area contributed by atoms with Crippen LogP contribution in [0.2, 0.25) is 0 Å². The molecule has 0 spiro atoms. The molecule has 0 saturated heterocycles. The Balaban J connectivity index is 1.90. The number of hydrogen-bond donors (Lipinski definition) is 1. The Morgan fingerprint density at radius 3 is 3.05 bits per heavy atom. The van der Waals surface area contributed by atoms with E-state index in [-0.39, 0.29) is 0 Å². The van der Waals surface area contributed by atoms with Gasteiger partial charge in [0, 0.05) is 22.7 Å². The molecule has 3 aromatic rings. The molecule has 19 heavy (non-hydrogen) atoms. The Labute approximate surface area is 115 Å². The van der Waals surface area contributed by atoms with Gasteiger partial charge in [0.1, 0.15) is 11.6 Å². The van der Waals surface area contributed by atoms with Gasteiger partial charge in [-0.2, -0.15) is 0 Å². The van der Waals surface area contributed by atoms with E-state index in [0.29, 0.717) is 0 Å². The first-order valence-corrected chi connectivity index (χ1v) is 6.79. The first-order chi connectivity index (χ1) is 9.36. The van der Waals surface area contributed by atoms with E-state index in [2.05, 4.69) is 15.3 Å². The van der Waals surface area contributed by atoms with E-state index in [1.165, 1.54) is 4.88 Å². The summed E-state index contributed by atoms with van der Waals surface area (Å²) in [6, 6.07) is 7.96. The summed E-state index contributed by atoms with van der Waals surface area (Å²) >= 11 is 1.63. The second-order valence-electron chi connectivity index (χ2n) is 4.07. The number of fused-ring (bicyclic) bond motifs is 1. The van der Waals surface area contributed by atoms with E-state index >= 15 is 0 Å². The van der Waals surface area contributed by atoms with Crippen LogP contribution in [0, 0.1) is 0 Å². The van der Waals surface area contributed by atoms with Gasteiger partial charge in [-0.25, -0.2) is 4.98 Å². The minimum Gasteiger partial charge on any atom is -0.497 e. The van der Waals surface area contributed by atoms with Gasteiger partial charge in [-0.05, 0) is 29.7 Å². The van der Waals surface area contributed by atoms with Crippen molar-refractivity contribution in [3.05, 3.63) is 47.0 Å². The molecular weight excluding hydrogens is 258 g/mol. The maximum atomic E-state index is 5.23. The Morgan fingerprint density at radius 2 is 2.26 bits per heavy atom. The normalized spacial score (nSPS) is 10.6. The van der Waals surface area contributed by atoms with E-state index in [0.717, 1.165) is 28.9 Å². The molecule has 96 valence electrons. The summed E-state index contributed by atoms with van der Waals surface area (Å²) < 4.78 is 5.23. The monoisotopic (exact) mass is 271 g/mol. The Bertz CT molecular complexity index is 682. The molecule has 2 aromatic heterocycles. The van der Waals surface area contributed by atoms with E-state index in [1.807, 2.05) is 36.0 Å². The number of ether oxygens (including phenoxy) is 1. The van der Waals surface area contributed by atoms with Crippen LogP contribution in [0.5, 0.6) is 5.75 Å².